The summed E-state index contributed by atoms with van der Waals surface area (Å²) in [6, 6.07) is 5.57. The van der Waals surface area contributed by atoms with Crippen molar-refractivity contribution in [2.75, 3.05) is 32.2 Å². The average molecular weight is 473 g/mol. The highest BCUT2D eigenvalue weighted by Crippen LogP contribution is 2.38. The number of anilines is 1. The molecule has 0 radical (unpaired) electrons. The summed E-state index contributed by atoms with van der Waals surface area (Å²) < 4.78 is 27.9. The Morgan fingerprint density at radius 2 is 1.70 bits per heavy atom. The molecule has 176 valence electrons. The Bertz CT molecular complexity index is 1050. The molecule has 0 aliphatic carbocycles. The summed E-state index contributed by atoms with van der Waals surface area (Å²) in [7, 11) is 3.22. The molecule has 33 heavy (non-hydrogen) atoms. The molecule has 3 heterocycles. The third-order valence-electron chi connectivity index (χ3n) is 5.39. The second kappa shape index (κ2) is 10.4. The van der Waals surface area contributed by atoms with Crippen LogP contribution in [-0.2, 0) is 9.47 Å². The Kier molecular flexibility index (Phi) is 7.31. The molecule has 1 N–H and O–H groups in total. The molecule has 1 aliphatic heterocycles. The third kappa shape index (κ3) is 4.90. The van der Waals surface area contributed by atoms with Crippen molar-refractivity contribution in [1.82, 2.24) is 24.7 Å². The number of benzene rings is 1. The van der Waals surface area contributed by atoms with Crippen molar-refractivity contribution in [3.63, 3.8) is 0 Å². The molecule has 1 saturated heterocycles. The highest BCUT2D eigenvalue weighted by Gasteiger charge is 2.30. The van der Waals surface area contributed by atoms with Gasteiger partial charge in [-0.3, -0.25) is 9.29 Å². The maximum atomic E-state index is 5.71. The first-order chi connectivity index (χ1) is 16.0. The predicted octanol–water partition coefficient (Wildman–Crippen LogP) is 3.68. The standard InChI is InChI=1S/C22H28N6O4S/c1-13-11-23-19(24-12-13)14(2)15(3)33-27-22-26-25-20(21-31-9-10-32-21)28(22)18-16(29-4)7-6-8-17(18)30-5/h6-8,11-12,14-15,21H,9-10H2,1-5H3,(H,26,27). The van der Waals surface area contributed by atoms with Crippen molar-refractivity contribution < 1.29 is 18.9 Å². The van der Waals surface area contributed by atoms with Gasteiger partial charge in [0.25, 0.3) is 0 Å². The topological polar surface area (TPSA) is 105 Å². The first-order valence-electron chi connectivity index (χ1n) is 10.6. The van der Waals surface area contributed by atoms with Crippen LogP contribution in [0.4, 0.5) is 5.95 Å². The van der Waals surface area contributed by atoms with Gasteiger partial charge in [-0.15, -0.1) is 10.2 Å². The Morgan fingerprint density at radius 1 is 1.06 bits per heavy atom. The van der Waals surface area contributed by atoms with Gasteiger partial charge in [0.1, 0.15) is 23.0 Å². The van der Waals surface area contributed by atoms with Gasteiger partial charge in [0, 0.05) is 23.6 Å². The number of ether oxygens (including phenoxy) is 4. The molecule has 2 atom stereocenters. The number of rotatable bonds is 9. The van der Waals surface area contributed by atoms with E-state index in [1.54, 1.807) is 14.2 Å². The Hall–Kier alpha value is -2.89. The summed E-state index contributed by atoms with van der Waals surface area (Å²) in [6.07, 6.45) is 3.04. The average Bonchev–Trinajstić information content (AvgIpc) is 3.51. The van der Waals surface area contributed by atoms with Crippen molar-refractivity contribution in [2.45, 2.75) is 38.2 Å². The van der Waals surface area contributed by atoms with E-state index in [9.17, 15) is 0 Å². The van der Waals surface area contributed by atoms with E-state index in [1.807, 2.05) is 42.1 Å². The number of hydrogen-bond acceptors (Lipinski definition) is 10. The van der Waals surface area contributed by atoms with E-state index in [0.29, 0.717) is 42.2 Å². The van der Waals surface area contributed by atoms with Crippen LogP contribution in [0.1, 0.15) is 43.3 Å². The molecule has 1 aromatic carbocycles. The quantitative estimate of drug-likeness (QED) is 0.464. The van der Waals surface area contributed by atoms with Gasteiger partial charge in [0.05, 0.1) is 27.4 Å². The van der Waals surface area contributed by atoms with Gasteiger partial charge in [-0.2, -0.15) is 0 Å². The largest absolute Gasteiger partial charge is 0.494 e. The van der Waals surface area contributed by atoms with Gasteiger partial charge in [-0.1, -0.05) is 19.9 Å². The van der Waals surface area contributed by atoms with E-state index < -0.39 is 6.29 Å². The second-order valence-corrected chi connectivity index (χ2v) is 8.82. The maximum Gasteiger partial charge on any atom is 0.239 e. The Balaban J connectivity index is 1.65. The molecule has 4 rings (SSSR count). The van der Waals surface area contributed by atoms with Gasteiger partial charge >= 0.3 is 0 Å². The van der Waals surface area contributed by atoms with Gasteiger partial charge < -0.3 is 18.9 Å². The molecule has 0 saturated carbocycles. The van der Waals surface area contributed by atoms with E-state index in [-0.39, 0.29) is 11.2 Å². The third-order valence-corrected chi connectivity index (χ3v) is 6.47. The predicted molar refractivity (Wildman–Crippen MR) is 125 cm³/mol. The highest BCUT2D eigenvalue weighted by atomic mass is 32.2. The Morgan fingerprint density at radius 3 is 2.30 bits per heavy atom. The molecule has 1 fully saturated rings. The molecule has 0 bridgehead atoms. The monoisotopic (exact) mass is 472 g/mol. The number of aromatic nitrogens is 5. The molecule has 0 spiro atoms. The van der Waals surface area contributed by atoms with Gasteiger partial charge in [0.2, 0.25) is 12.2 Å². The molecule has 2 unspecified atom stereocenters. The van der Waals surface area contributed by atoms with Crippen LogP contribution in [0.5, 0.6) is 11.5 Å². The lowest BCUT2D eigenvalue weighted by Crippen LogP contribution is -2.16. The molecular weight excluding hydrogens is 444 g/mol. The molecule has 11 heteroatoms. The van der Waals surface area contributed by atoms with Crippen LogP contribution >= 0.6 is 11.9 Å². The van der Waals surface area contributed by atoms with Crippen LogP contribution in [-0.4, -0.2) is 57.4 Å². The molecule has 2 aromatic heterocycles. The van der Waals surface area contributed by atoms with Crippen LogP contribution in [0.15, 0.2) is 30.6 Å². The van der Waals surface area contributed by atoms with E-state index >= 15 is 0 Å². The van der Waals surface area contributed by atoms with E-state index in [0.717, 1.165) is 11.4 Å². The molecular formula is C22H28N6O4S. The first kappa shape index (κ1) is 23.3. The fraction of sp³-hybridized carbons (Fsp3) is 0.455. The van der Waals surface area contributed by atoms with Crippen LogP contribution in [0.25, 0.3) is 5.69 Å². The SMILES string of the molecule is COc1cccc(OC)c1-n1c(NSC(C)C(C)c2ncc(C)cn2)nnc1C1OCCO1. The zero-order valence-electron chi connectivity index (χ0n) is 19.3. The molecule has 1 aliphatic rings. The van der Waals surface area contributed by atoms with Crippen molar-refractivity contribution in [1.29, 1.82) is 0 Å². The van der Waals surface area contributed by atoms with Gasteiger partial charge in [-0.25, -0.2) is 9.97 Å². The lowest BCUT2D eigenvalue weighted by Gasteiger charge is -2.21. The molecule has 3 aromatic rings. The van der Waals surface area contributed by atoms with E-state index in [1.165, 1.54) is 11.9 Å². The van der Waals surface area contributed by atoms with Gasteiger partial charge in [0.15, 0.2) is 5.82 Å². The van der Waals surface area contributed by atoms with Crippen LogP contribution in [0.2, 0.25) is 0 Å². The van der Waals surface area contributed by atoms with Crippen molar-refractivity contribution in [3.05, 3.63) is 47.8 Å². The summed E-state index contributed by atoms with van der Waals surface area (Å²) in [5.74, 6) is 3.12. The number of aryl methyl sites for hydroxylation is 1. The molecule has 10 nitrogen and oxygen atoms in total. The van der Waals surface area contributed by atoms with E-state index in [4.69, 9.17) is 18.9 Å². The summed E-state index contributed by atoms with van der Waals surface area (Å²) >= 11 is 1.51. The van der Waals surface area contributed by atoms with Crippen LogP contribution < -0.4 is 14.2 Å². The fourth-order valence-electron chi connectivity index (χ4n) is 3.39. The van der Waals surface area contributed by atoms with Crippen molar-refractivity contribution in [3.8, 4) is 17.2 Å². The van der Waals surface area contributed by atoms with E-state index in [2.05, 4.69) is 38.7 Å². The number of methoxy groups -OCH3 is 2. The second-order valence-electron chi connectivity index (χ2n) is 7.63. The minimum atomic E-state index is -0.634. The summed E-state index contributed by atoms with van der Waals surface area (Å²) in [5.41, 5.74) is 1.69. The summed E-state index contributed by atoms with van der Waals surface area (Å²) in [4.78, 5) is 8.94. The summed E-state index contributed by atoms with van der Waals surface area (Å²) in [5, 5.41) is 8.89. The number of nitrogens with zero attached hydrogens (tertiary/aromatic N) is 5. The number of hydrogen-bond donors (Lipinski definition) is 1. The van der Waals surface area contributed by atoms with Crippen molar-refractivity contribution >= 4 is 17.9 Å². The zero-order chi connectivity index (χ0) is 23.4. The Labute approximate surface area is 197 Å². The molecule has 0 amide bonds. The minimum Gasteiger partial charge on any atom is -0.494 e. The lowest BCUT2D eigenvalue weighted by atomic mass is 10.1. The maximum absolute atomic E-state index is 5.71. The fourth-order valence-corrected chi connectivity index (χ4v) is 4.14. The number of nitrogens with one attached hydrogen (secondary N) is 1. The highest BCUT2D eigenvalue weighted by molar-refractivity contribution is 8.01. The lowest BCUT2D eigenvalue weighted by molar-refractivity contribution is -0.0518. The van der Waals surface area contributed by atoms with Gasteiger partial charge in [-0.05, 0) is 36.6 Å². The first-order valence-corrected chi connectivity index (χ1v) is 11.5. The number of para-hydroxylation sites is 1. The normalized spacial score (nSPS) is 15.9. The van der Waals surface area contributed by atoms with Crippen LogP contribution in [0, 0.1) is 6.92 Å². The summed E-state index contributed by atoms with van der Waals surface area (Å²) in [6.45, 7) is 7.17. The minimum absolute atomic E-state index is 0.112. The van der Waals surface area contributed by atoms with Crippen molar-refractivity contribution in [2.24, 2.45) is 0 Å². The van der Waals surface area contributed by atoms with Crippen LogP contribution in [0.3, 0.4) is 0 Å². The smallest absolute Gasteiger partial charge is 0.239 e. The zero-order valence-corrected chi connectivity index (χ0v) is 20.1.